The summed E-state index contributed by atoms with van der Waals surface area (Å²) in [4.78, 5) is 7.04. The quantitative estimate of drug-likeness (QED) is 0.396. The van der Waals surface area contributed by atoms with Crippen LogP contribution in [0.15, 0.2) is 29.3 Å². The number of ether oxygens (including phenoxy) is 2. The monoisotopic (exact) mass is 366 g/mol. The summed E-state index contributed by atoms with van der Waals surface area (Å²) in [5.74, 6) is 0.536. The molecule has 1 aromatic rings. The van der Waals surface area contributed by atoms with Crippen LogP contribution >= 0.6 is 0 Å². The van der Waals surface area contributed by atoms with Crippen molar-refractivity contribution in [3.8, 4) is 0 Å². The molecule has 1 aliphatic heterocycles. The maximum atomic E-state index is 13.7. The zero-order valence-corrected chi connectivity index (χ0v) is 15.8. The SMILES string of the molecule is CCNC(=NCC(c1cccc(F)c1)N1CCOCC1)NCCOCC. The van der Waals surface area contributed by atoms with Gasteiger partial charge in [-0.3, -0.25) is 9.89 Å². The maximum absolute atomic E-state index is 13.7. The van der Waals surface area contributed by atoms with E-state index in [1.807, 2.05) is 19.9 Å². The topological polar surface area (TPSA) is 58.1 Å². The Morgan fingerprint density at radius 3 is 2.81 bits per heavy atom. The average molecular weight is 366 g/mol. The van der Waals surface area contributed by atoms with Crippen molar-refractivity contribution in [2.24, 2.45) is 4.99 Å². The lowest BCUT2D eigenvalue weighted by molar-refractivity contribution is 0.0179. The van der Waals surface area contributed by atoms with Crippen molar-refractivity contribution in [2.45, 2.75) is 19.9 Å². The Balaban J connectivity index is 2.07. The van der Waals surface area contributed by atoms with E-state index in [0.717, 1.165) is 31.2 Å². The Morgan fingerprint density at radius 1 is 1.31 bits per heavy atom. The van der Waals surface area contributed by atoms with Crippen molar-refractivity contribution in [3.05, 3.63) is 35.6 Å². The van der Waals surface area contributed by atoms with Crippen LogP contribution in [0, 0.1) is 5.82 Å². The van der Waals surface area contributed by atoms with Gasteiger partial charge >= 0.3 is 0 Å². The second-order valence-electron chi connectivity index (χ2n) is 6.06. The summed E-state index contributed by atoms with van der Waals surface area (Å²) in [7, 11) is 0. The lowest BCUT2D eigenvalue weighted by atomic mass is 10.0. The van der Waals surface area contributed by atoms with Gasteiger partial charge in [0.1, 0.15) is 5.82 Å². The number of nitrogens with zero attached hydrogens (tertiary/aromatic N) is 2. The number of hydrogen-bond donors (Lipinski definition) is 2. The van der Waals surface area contributed by atoms with Gasteiger partial charge in [0.05, 0.1) is 32.4 Å². The summed E-state index contributed by atoms with van der Waals surface area (Å²) >= 11 is 0. The van der Waals surface area contributed by atoms with Gasteiger partial charge in [0.2, 0.25) is 0 Å². The highest BCUT2D eigenvalue weighted by Crippen LogP contribution is 2.23. The fraction of sp³-hybridized carbons (Fsp3) is 0.632. The zero-order valence-electron chi connectivity index (χ0n) is 15.8. The molecular weight excluding hydrogens is 335 g/mol. The number of halogens is 1. The van der Waals surface area contributed by atoms with E-state index >= 15 is 0 Å². The molecule has 0 amide bonds. The molecule has 1 atom stereocenters. The number of nitrogens with one attached hydrogen (secondary N) is 2. The van der Waals surface area contributed by atoms with Crippen molar-refractivity contribution in [3.63, 3.8) is 0 Å². The van der Waals surface area contributed by atoms with Gasteiger partial charge in [0.25, 0.3) is 0 Å². The fourth-order valence-corrected chi connectivity index (χ4v) is 2.94. The second kappa shape index (κ2) is 11.8. The van der Waals surface area contributed by atoms with E-state index in [0.29, 0.717) is 39.5 Å². The smallest absolute Gasteiger partial charge is 0.191 e. The van der Waals surface area contributed by atoms with Crippen molar-refractivity contribution in [1.82, 2.24) is 15.5 Å². The Kier molecular flexibility index (Phi) is 9.38. The van der Waals surface area contributed by atoms with E-state index in [-0.39, 0.29) is 11.9 Å². The highest BCUT2D eigenvalue weighted by atomic mass is 19.1. The molecule has 0 saturated carbocycles. The molecule has 1 heterocycles. The van der Waals surface area contributed by atoms with Crippen LogP contribution < -0.4 is 10.6 Å². The number of hydrogen-bond acceptors (Lipinski definition) is 4. The number of morpholine rings is 1. The molecule has 2 N–H and O–H groups in total. The summed E-state index contributed by atoms with van der Waals surface area (Å²) < 4.78 is 24.6. The summed E-state index contributed by atoms with van der Waals surface area (Å²) in [6.07, 6.45) is 0. The molecule has 7 heteroatoms. The number of rotatable bonds is 9. The standard InChI is InChI=1S/C19H31FN4O2/c1-3-21-19(22-8-11-25-4-2)23-15-18(24-9-12-26-13-10-24)16-6-5-7-17(20)14-16/h5-7,14,18H,3-4,8-13,15H2,1-2H3,(H2,21,22,23). The summed E-state index contributed by atoms with van der Waals surface area (Å²) in [6, 6.07) is 6.83. The van der Waals surface area contributed by atoms with Gasteiger partial charge in [-0.15, -0.1) is 0 Å². The van der Waals surface area contributed by atoms with Crippen molar-refractivity contribution >= 4 is 5.96 Å². The molecule has 1 unspecified atom stereocenters. The minimum Gasteiger partial charge on any atom is -0.380 e. The number of aliphatic imine (C=N–C) groups is 1. The Labute approximate surface area is 155 Å². The van der Waals surface area contributed by atoms with E-state index < -0.39 is 0 Å². The molecule has 146 valence electrons. The molecule has 0 bridgehead atoms. The van der Waals surface area contributed by atoms with Crippen molar-refractivity contribution in [1.29, 1.82) is 0 Å². The zero-order chi connectivity index (χ0) is 18.6. The van der Waals surface area contributed by atoms with E-state index in [1.54, 1.807) is 12.1 Å². The van der Waals surface area contributed by atoms with E-state index in [4.69, 9.17) is 14.5 Å². The fourth-order valence-electron chi connectivity index (χ4n) is 2.94. The van der Waals surface area contributed by atoms with Gasteiger partial charge in [-0.1, -0.05) is 12.1 Å². The van der Waals surface area contributed by atoms with Crippen LogP contribution in [0.1, 0.15) is 25.5 Å². The first-order valence-corrected chi connectivity index (χ1v) is 9.41. The molecule has 6 nitrogen and oxygen atoms in total. The summed E-state index contributed by atoms with van der Waals surface area (Å²) in [5.41, 5.74) is 0.945. The van der Waals surface area contributed by atoms with Crippen molar-refractivity contribution in [2.75, 3.05) is 59.2 Å². The average Bonchev–Trinajstić information content (AvgIpc) is 2.66. The predicted molar refractivity (Wildman–Crippen MR) is 102 cm³/mol. The Morgan fingerprint density at radius 2 is 2.12 bits per heavy atom. The van der Waals surface area contributed by atoms with Crippen LogP contribution in [0.3, 0.4) is 0 Å². The maximum Gasteiger partial charge on any atom is 0.191 e. The van der Waals surface area contributed by atoms with Gasteiger partial charge in [-0.25, -0.2) is 4.39 Å². The van der Waals surface area contributed by atoms with E-state index in [2.05, 4.69) is 15.5 Å². The minimum atomic E-state index is -0.216. The predicted octanol–water partition coefficient (Wildman–Crippen LogP) is 1.79. The lowest BCUT2D eigenvalue weighted by Gasteiger charge is -2.34. The molecule has 2 rings (SSSR count). The second-order valence-corrected chi connectivity index (χ2v) is 6.06. The van der Waals surface area contributed by atoms with Crippen LogP contribution in [0.2, 0.25) is 0 Å². The molecule has 0 aliphatic carbocycles. The van der Waals surface area contributed by atoms with Crippen LogP contribution in [0.5, 0.6) is 0 Å². The molecule has 0 aromatic heterocycles. The Bertz CT molecular complexity index is 550. The van der Waals surface area contributed by atoms with Gasteiger partial charge in [-0.2, -0.15) is 0 Å². The van der Waals surface area contributed by atoms with Crippen LogP contribution in [-0.2, 0) is 9.47 Å². The van der Waals surface area contributed by atoms with Crippen LogP contribution in [0.4, 0.5) is 4.39 Å². The van der Waals surface area contributed by atoms with Crippen LogP contribution in [-0.4, -0.2) is 70.0 Å². The van der Waals surface area contributed by atoms with Gasteiger partial charge in [-0.05, 0) is 31.5 Å². The number of benzene rings is 1. The first kappa shape index (κ1) is 20.6. The third-order valence-corrected chi connectivity index (χ3v) is 4.23. The summed E-state index contributed by atoms with van der Waals surface area (Å²) in [5, 5.41) is 6.52. The largest absolute Gasteiger partial charge is 0.380 e. The van der Waals surface area contributed by atoms with Crippen LogP contribution in [0.25, 0.3) is 0 Å². The van der Waals surface area contributed by atoms with Gasteiger partial charge in [0, 0.05) is 32.8 Å². The minimum absolute atomic E-state index is 0.0250. The third kappa shape index (κ3) is 6.90. The Hall–Kier alpha value is -1.70. The van der Waals surface area contributed by atoms with Crippen molar-refractivity contribution < 1.29 is 13.9 Å². The molecule has 1 fully saturated rings. The molecule has 1 saturated heterocycles. The highest BCUT2D eigenvalue weighted by Gasteiger charge is 2.23. The molecule has 1 aliphatic rings. The third-order valence-electron chi connectivity index (χ3n) is 4.23. The normalized spacial score (nSPS) is 17.1. The lowest BCUT2D eigenvalue weighted by Crippen LogP contribution is -2.42. The number of guanidine groups is 1. The summed E-state index contributed by atoms with van der Waals surface area (Å²) in [6.45, 7) is 10.4. The van der Waals surface area contributed by atoms with Gasteiger partial charge < -0.3 is 20.1 Å². The first-order chi connectivity index (χ1) is 12.7. The molecule has 1 aromatic carbocycles. The molecule has 0 spiro atoms. The first-order valence-electron chi connectivity index (χ1n) is 9.41. The molecular formula is C19H31FN4O2. The van der Waals surface area contributed by atoms with E-state index in [9.17, 15) is 4.39 Å². The van der Waals surface area contributed by atoms with E-state index in [1.165, 1.54) is 6.07 Å². The molecule has 0 radical (unpaired) electrons. The van der Waals surface area contributed by atoms with Gasteiger partial charge in [0.15, 0.2) is 5.96 Å². The highest BCUT2D eigenvalue weighted by molar-refractivity contribution is 5.79. The molecule has 26 heavy (non-hydrogen) atoms.